The van der Waals surface area contributed by atoms with Gasteiger partial charge in [-0.15, -0.1) is 0 Å². The van der Waals surface area contributed by atoms with E-state index in [-0.39, 0.29) is 23.0 Å². The number of halogens is 2. The molecule has 18 heavy (non-hydrogen) atoms. The van der Waals surface area contributed by atoms with Crippen molar-refractivity contribution in [2.45, 2.75) is 25.8 Å². The smallest absolute Gasteiger partial charge is 0.270 e. The van der Waals surface area contributed by atoms with Gasteiger partial charge in [-0.1, -0.05) is 6.92 Å². The van der Waals surface area contributed by atoms with Crippen molar-refractivity contribution in [1.29, 1.82) is 0 Å². The van der Waals surface area contributed by atoms with Crippen LogP contribution in [0.5, 0.6) is 0 Å². The van der Waals surface area contributed by atoms with Crippen LogP contribution in [0.25, 0.3) is 0 Å². The molecule has 0 bridgehead atoms. The molecule has 0 spiro atoms. The van der Waals surface area contributed by atoms with Crippen molar-refractivity contribution in [3.05, 3.63) is 33.9 Å². The van der Waals surface area contributed by atoms with Gasteiger partial charge in [0.05, 0.1) is 4.92 Å². The van der Waals surface area contributed by atoms with E-state index < -0.39 is 11.3 Å². The second-order valence-electron chi connectivity index (χ2n) is 3.81. The standard InChI is InChI=1S/C11H15F2N3O2/c1-2-7(6-14)15-10-4-3-8(16(17)18)5-9(10)11(12)13/h3-5,7,11,15H,2,6,14H2,1H3. The Kier molecular flexibility index (Phi) is 4.96. The van der Waals surface area contributed by atoms with Crippen molar-refractivity contribution in [3.8, 4) is 0 Å². The summed E-state index contributed by atoms with van der Waals surface area (Å²) in [6.07, 6.45) is -2.10. The highest BCUT2D eigenvalue weighted by Crippen LogP contribution is 2.31. The van der Waals surface area contributed by atoms with Crippen LogP contribution in [0.2, 0.25) is 0 Å². The van der Waals surface area contributed by atoms with Crippen LogP contribution in [0.1, 0.15) is 25.3 Å². The summed E-state index contributed by atoms with van der Waals surface area (Å²) < 4.78 is 25.7. The van der Waals surface area contributed by atoms with Gasteiger partial charge in [0.15, 0.2) is 0 Å². The van der Waals surface area contributed by atoms with Crippen LogP contribution in [0.4, 0.5) is 20.2 Å². The molecule has 1 aromatic rings. The van der Waals surface area contributed by atoms with Crippen molar-refractivity contribution in [3.63, 3.8) is 0 Å². The summed E-state index contributed by atoms with van der Waals surface area (Å²) in [4.78, 5) is 9.84. The van der Waals surface area contributed by atoms with E-state index in [1.807, 2.05) is 6.92 Å². The molecule has 0 aliphatic heterocycles. The number of alkyl halides is 2. The normalized spacial score (nSPS) is 12.5. The first-order chi connectivity index (χ1) is 8.49. The first-order valence-corrected chi connectivity index (χ1v) is 5.52. The Morgan fingerprint density at radius 1 is 1.50 bits per heavy atom. The van der Waals surface area contributed by atoms with Gasteiger partial charge in [0.1, 0.15) is 0 Å². The van der Waals surface area contributed by atoms with Gasteiger partial charge in [-0.05, 0) is 12.5 Å². The molecule has 7 heteroatoms. The topological polar surface area (TPSA) is 81.2 Å². The molecule has 100 valence electrons. The van der Waals surface area contributed by atoms with Crippen LogP contribution >= 0.6 is 0 Å². The van der Waals surface area contributed by atoms with Crippen molar-refractivity contribution >= 4 is 11.4 Å². The molecule has 1 unspecified atom stereocenters. The minimum Gasteiger partial charge on any atom is -0.381 e. The summed E-state index contributed by atoms with van der Waals surface area (Å²) in [5.41, 5.74) is 4.94. The number of nitrogens with two attached hydrogens (primary N) is 1. The van der Waals surface area contributed by atoms with Crippen molar-refractivity contribution < 1.29 is 13.7 Å². The Morgan fingerprint density at radius 2 is 2.17 bits per heavy atom. The van der Waals surface area contributed by atoms with Crippen LogP contribution < -0.4 is 11.1 Å². The third kappa shape index (κ3) is 3.36. The van der Waals surface area contributed by atoms with E-state index >= 15 is 0 Å². The summed E-state index contributed by atoms with van der Waals surface area (Å²) in [6, 6.07) is 3.23. The number of benzene rings is 1. The molecule has 5 nitrogen and oxygen atoms in total. The van der Waals surface area contributed by atoms with E-state index in [1.165, 1.54) is 12.1 Å². The Bertz CT molecular complexity index is 423. The number of nitro groups is 1. The van der Waals surface area contributed by atoms with Gasteiger partial charge in [-0.3, -0.25) is 10.1 Å². The van der Waals surface area contributed by atoms with Crippen LogP contribution in [-0.2, 0) is 0 Å². The Morgan fingerprint density at radius 3 is 2.61 bits per heavy atom. The second kappa shape index (κ2) is 6.25. The van der Waals surface area contributed by atoms with Crippen LogP contribution in [0.3, 0.4) is 0 Å². The first kappa shape index (κ1) is 14.3. The predicted octanol–water partition coefficient (Wildman–Crippen LogP) is 2.68. The maximum Gasteiger partial charge on any atom is 0.270 e. The lowest BCUT2D eigenvalue weighted by Crippen LogP contribution is -2.28. The number of hydrogen-bond donors (Lipinski definition) is 2. The maximum atomic E-state index is 12.8. The van der Waals surface area contributed by atoms with E-state index in [0.29, 0.717) is 13.0 Å². The number of anilines is 1. The van der Waals surface area contributed by atoms with E-state index in [4.69, 9.17) is 5.73 Å². The molecular weight excluding hydrogens is 244 g/mol. The van der Waals surface area contributed by atoms with Gasteiger partial charge in [0, 0.05) is 36.0 Å². The lowest BCUT2D eigenvalue weighted by molar-refractivity contribution is -0.385. The van der Waals surface area contributed by atoms with Crippen molar-refractivity contribution in [1.82, 2.24) is 0 Å². The largest absolute Gasteiger partial charge is 0.381 e. The second-order valence-corrected chi connectivity index (χ2v) is 3.81. The summed E-state index contributed by atoms with van der Waals surface area (Å²) in [6.45, 7) is 2.17. The molecule has 0 radical (unpaired) electrons. The highest BCUT2D eigenvalue weighted by Gasteiger charge is 2.19. The van der Waals surface area contributed by atoms with E-state index in [2.05, 4.69) is 5.32 Å². The Hall–Kier alpha value is -1.76. The Labute approximate surface area is 103 Å². The average molecular weight is 259 g/mol. The number of rotatable bonds is 6. The van der Waals surface area contributed by atoms with Gasteiger partial charge in [0.25, 0.3) is 12.1 Å². The molecule has 0 aliphatic rings. The minimum atomic E-state index is -2.78. The molecule has 0 amide bonds. The minimum absolute atomic E-state index is 0.135. The third-order valence-corrected chi connectivity index (χ3v) is 2.62. The SMILES string of the molecule is CCC(CN)Nc1ccc([N+](=O)[O-])cc1C(F)F. The summed E-state index contributed by atoms with van der Waals surface area (Å²) in [7, 11) is 0. The molecule has 0 aliphatic carbocycles. The van der Waals surface area contributed by atoms with E-state index in [1.54, 1.807) is 0 Å². The quantitative estimate of drug-likeness (QED) is 0.608. The summed E-state index contributed by atoms with van der Waals surface area (Å²) >= 11 is 0. The zero-order valence-electron chi connectivity index (χ0n) is 9.90. The Balaban J connectivity index is 3.07. The fourth-order valence-electron chi connectivity index (χ4n) is 1.52. The molecule has 0 saturated carbocycles. The molecular formula is C11H15F2N3O2. The third-order valence-electron chi connectivity index (χ3n) is 2.62. The highest BCUT2D eigenvalue weighted by atomic mass is 19.3. The molecule has 1 atom stereocenters. The number of nitro benzene ring substituents is 1. The molecule has 0 aromatic heterocycles. The van der Waals surface area contributed by atoms with Crippen LogP contribution in [0.15, 0.2) is 18.2 Å². The number of nitrogens with one attached hydrogen (secondary N) is 1. The molecule has 0 saturated heterocycles. The fourth-order valence-corrected chi connectivity index (χ4v) is 1.52. The predicted molar refractivity (Wildman–Crippen MR) is 64.8 cm³/mol. The first-order valence-electron chi connectivity index (χ1n) is 5.52. The molecule has 0 fully saturated rings. The van der Waals surface area contributed by atoms with E-state index in [9.17, 15) is 18.9 Å². The lowest BCUT2D eigenvalue weighted by atomic mass is 10.1. The van der Waals surface area contributed by atoms with Crippen LogP contribution in [-0.4, -0.2) is 17.5 Å². The lowest BCUT2D eigenvalue weighted by Gasteiger charge is -2.18. The molecule has 1 rings (SSSR count). The zero-order chi connectivity index (χ0) is 13.7. The van der Waals surface area contributed by atoms with Gasteiger partial charge in [-0.25, -0.2) is 8.78 Å². The zero-order valence-corrected chi connectivity index (χ0v) is 9.90. The molecule has 3 N–H and O–H groups in total. The van der Waals surface area contributed by atoms with Gasteiger partial charge in [0.2, 0.25) is 0 Å². The summed E-state index contributed by atoms with van der Waals surface area (Å²) in [5, 5.41) is 13.4. The van der Waals surface area contributed by atoms with Gasteiger partial charge in [-0.2, -0.15) is 0 Å². The molecule has 1 aromatic carbocycles. The van der Waals surface area contributed by atoms with Crippen molar-refractivity contribution in [2.75, 3.05) is 11.9 Å². The monoisotopic (exact) mass is 259 g/mol. The van der Waals surface area contributed by atoms with E-state index in [0.717, 1.165) is 6.07 Å². The fraction of sp³-hybridized carbons (Fsp3) is 0.455. The number of non-ortho nitro benzene ring substituents is 1. The molecule has 0 heterocycles. The summed E-state index contributed by atoms with van der Waals surface area (Å²) in [5.74, 6) is 0. The van der Waals surface area contributed by atoms with Crippen LogP contribution in [0, 0.1) is 10.1 Å². The van der Waals surface area contributed by atoms with Crippen molar-refractivity contribution in [2.24, 2.45) is 5.73 Å². The average Bonchev–Trinajstić information content (AvgIpc) is 2.35. The van der Waals surface area contributed by atoms with Gasteiger partial charge >= 0.3 is 0 Å². The highest BCUT2D eigenvalue weighted by molar-refractivity contribution is 5.57. The number of nitrogens with zero attached hydrogens (tertiary/aromatic N) is 1. The maximum absolute atomic E-state index is 12.8. The number of hydrogen-bond acceptors (Lipinski definition) is 4. The van der Waals surface area contributed by atoms with Gasteiger partial charge < -0.3 is 11.1 Å².